The number of rotatable bonds is 3. The van der Waals surface area contributed by atoms with Crippen molar-refractivity contribution in [2.45, 2.75) is 30.7 Å². The Morgan fingerprint density at radius 1 is 1.60 bits per heavy atom. The van der Waals surface area contributed by atoms with Crippen molar-refractivity contribution >= 4 is 16.0 Å². The number of aliphatic carboxylic acids is 1. The highest BCUT2D eigenvalue weighted by Gasteiger charge is 2.39. The minimum atomic E-state index is -3.94. The number of nitriles is 1. The normalized spacial score (nSPS) is 19.7. The highest BCUT2D eigenvalue weighted by Crippen LogP contribution is 2.26. The summed E-state index contributed by atoms with van der Waals surface area (Å²) in [6, 6.07) is 2.05. The molecule has 2 rings (SSSR count). The average molecular weight is 295 g/mol. The van der Waals surface area contributed by atoms with Gasteiger partial charge in [0, 0.05) is 12.7 Å². The highest BCUT2D eigenvalue weighted by molar-refractivity contribution is 7.89. The molecule has 0 amide bonds. The first-order valence-electron chi connectivity index (χ1n) is 5.99. The highest BCUT2D eigenvalue weighted by atomic mass is 32.2. The second kappa shape index (κ2) is 5.19. The zero-order chi connectivity index (χ0) is 14.9. The smallest absolute Gasteiger partial charge is 0.322 e. The van der Waals surface area contributed by atoms with Crippen molar-refractivity contribution in [2.75, 3.05) is 6.54 Å². The Labute approximate surface area is 116 Å². The fraction of sp³-hybridized carbons (Fsp3) is 0.417. The Morgan fingerprint density at radius 3 is 2.90 bits per heavy atom. The molecule has 2 heterocycles. The van der Waals surface area contributed by atoms with Gasteiger partial charge in [-0.2, -0.15) is 9.57 Å². The van der Waals surface area contributed by atoms with Crippen LogP contribution in [0.3, 0.4) is 0 Å². The molecule has 1 aliphatic rings. The largest absolute Gasteiger partial charge is 0.480 e. The maximum Gasteiger partial charge on any atom is 0.322 e. The van der Waals surface area contributed by atoms with Gasteiger partial charge in [-0.1, -0.05) is 0 Å². The number of hydrogen-bond acceptors (Lipinski definition) is 5. The van der Waals surface area contributed by atoms with Crippen LogP contribution in [0.25, 0.3) is 0 Å². The van der Waals surface area contributed by atoms with E-state index < -0.39 is 22.0 Å². The van der Waals surface area contributed by atoms with E-state index in [9.17, 15) is 13.2 Å². The number of carboxylic acid groups (broad SMARTS) is 1. The Morgan fingerprint density at radius 2 is 2.30 bits per heavy atom. The molecule has 1 atom stereocenters. The first-order valence-corrected chi connectivity index (χ1v) is 7.43. The monoisotopic (exact) mass is 295 g/mol. The van der Waals surface area contributed by atoms with Crippen molar-refractivity contribution in [3.05, 3.63) is 23.5 Å². The van der Waals surface area contributed by atoms with E-state index in [0.29, 0.717) is 18.5 Å². The van der Waals surface area contributed by atoms with Gasteiger partial charge in [0.05, 0.1) is 11.3 Å². The van der Waals surface area contributed by atoms with Gasteiger partial charge in [-0.25, -0.2) is 8.42 Å². The van der Waals surface area contributed by atoms with Gasteiger partial charge in [-0.15, -0.1) is 0 Å². The lowest BCUT2D eigenvalue weighted by Gasteiger charge is -2.20. The molecule has 1 aromatic heterocycles. The average Bonchev–Trinajstić information content (AvgIpc) is 2.89. The molecule has 8 heteroatoms. The van der Waals surface area contributed by atoms with Gasteiger partial charge in [0.15, 0.2) is 0 Å². The lowest BCUT2D eigenvalue weighted by Crippen LogP contribution is -2.40. The molecule has 1 unspecified atom stereocenters. The molecule has 0 radical (unpaired) electrons. The molecule has 1 N–H and O–H groups in total. The van der Waals surface area contributed by atoms with Gasteiger partial charge in [0.25, 0.3) is 0 Å². The molecule has 0 aliphatic carbocycles. The predicted molar refractivity (Wildman–Crippen MR) is 68.2 cm³/mol. The van der Waals surface area contributed by atoms with Crippen LogP contribution < -0.4 is 0 Å². The number of aryl methyl sites for hydroxylation is 1. The molecular formula is C12H13N3O4S. The molecule has 1 fully saturated rings. The van der Waals surface area contributed by atoms with Crippen molar-refractivity contribution in [1.82, 2.24) is 9.29 Å². The van der Waals surface area contributed by atoms with Crippen LogP contribution in [0.4, 0.5) is 0 Å². The van der Waals surface area contributed by atoms with E-state index in [0.717, 1.165) is 10.5 Å². The van der Waals surface area contributed by atoms with Crippen LogP contribution >= 0.6 is 0 Å². The zero-order valence-electron chi connectivity index (χ0n) is 10.8. The molecule has 106 valence electrons. The van der Waals surface area contributed by atoms with Gasteiger partial charge in [0.2, 0.25) is 10.0 Å². The summed E-state index contributed by atoms with van der Waals surface area (Å²) in [5.41, 5.74) is 0.597. The van der Waals surface area contributed by atoms with E-state index in [2.05, 4.69) is 4.98 Å². The Kier molecular flexibility index (Phi) is 3.74. The minimum absolute atomic E-state index is 0.146. The van der Waals surface area contributed by atoms with Crippen LogP contribution in [0.1, 0.15) is 24.1 Å². The third-order valence-electron chi connectivity index (χ3n) is 3.28. The molecule has 0 bridgehead atoms. The molecule has 0 spiro atoms. The lowest BCUT2D eigenvalue weighted by molar-refractivity contribution is -0.140. The molecule has 1 aliphatic heterocycles. The third-order valence-corrected chi connectivity index (χ3v) is 5.15. The number of hydrogen-bond donors (Lipinski definition) is 1. The molecule has 1 aromatic rings. The van der Waals surface area contributed by atoms with Gasteiger partial charge < -0.3 is 5.11 Å². The molecule has 0 saturated carbocycles. The van der Waals surface area contributed by atoms with Gasteiger partial charge in [-0.05, 0) is 25.8 Å². The second-order valence-electron chi connectivity index (χ2n) is 4.53. The van der Waals surface area contributed by atoms with Crippen LogP contribution in [-0.2, 0) is 14.8 Å². The van der Waals surface area contributed by atoms with Crippen molar-refractivity contribution in [2.24, 2.45) is 0 Å². The zero-order valence-corrected chi connectivity index (χ0v) is 11.6. The Hall–Kier alpha value is -1.98. The van der Waals surface area contributed by atoms with Gasteiger partial charge in [-0.3, -0.25) is 9.78 Å². The second-order valence-corrected chi connectivity index (χ2v) is 6.42. The van der Waals surface area contributed by atoms with Crippen molar-refractivity contribution in [3.8, 4) is 6.07 Å². The maximum absolute atomic E-state index is 12.4. The Balaban J connectivity index is 2.46. The van der Waals surface area contributed by atoms with E-state index in [1.807, 2.05) is 6.07 Å². The topological polar surface area (TPSA) is 111 Å². The number of carboxylic acids is 1. The third kappa shape index (κ3) is 2.37. The molecular weight excluding hydrogens is 282 g/mol. The maximum atomic E-state index is 12.4. The summed E-state index contributed by atoms with van der Waals surface area (Å²) < 4.78 is 25.8. The fourth-order valence-electron chi connectivity index (χ4n) is 2.18. The lowest BCUT2D eigenvalue weighted by atomic mass is 10.2. The summed E-state index contributed by atoms with van der Waals surface area (Å²) in [5.74, 6) is -1.16. The minimum Gasteiger partial charge on any atom is -0.480 e. The molecule has 7 nitrogen and oxygen atoms in total. The van der Waals surface area contributed by atoms with E-state index in [1.54, 1.807) is 6.92 Å². The molecule has 1 saturated heterocycles. The number of carbonyl (C=O) groups is 1. The van der Waals surface area contributed by atoms with Crippen LogP contribution in [0.2, 0.25) is 0 Å². The summed E-state index contributed by atoms with van der Waals surface area (Å²) in [6.45, 7) is 1.76. The molecule has 20 heavy (non-hydrogen) atoms. The molecule has 0 aromatic carbocycles. The number of nitrogens with zero attached hydrogens (tertiary/aromatic N) is 3. The van der Waals surface area contributed by atoms with E-state index >= 15 is 0 Å². The number of pyridine rings is 1. The summed E-state index contributed by atoms with van der Waals surface area (Å²) in [4.78, 5) is 14.8. The van der Waals surface area contributed by atoms with Crippen molar-refractivity contribution in [3.63, 3.8) is 0 Å². The fourth-order valence-corrected chi connectivity index (χ4v) is 3.80. The SMILES string of the molecule is Cc1ncc(S(=O)(=O)N2CCCC2C(=O)O)cc1C#N. The van der Waals surface area contributed by atoms with Crippen LogP contribution in [0, 0.1) is 18.3 Å². The first kappa shape index (κ1) is 14.4. The van der Waals surface area contributed by atoms with E-state index in [4.69, 9.17) is 10.4 Å². The quantitative estimate of drug-likeness (QED) is 0.869. The Bertz CT molecular complexity index is 693. The summed E-state index contributed by atoms with van der Waals surface area (Å²) >= 11 is 0. The van der Waals surface area contributed by atoms with E-state index in [1.165, 1.54) is 6.07 Å². The van der Waals surface area contributed by atoms with Crippen molar-refractivity contribution in [1.29, 1.82) is 5.26 Å². The van der Waals surface area contributed by atoms with Gasteiger partial charge in [0.1, 0.15) is 17.0 Å². The predicted octanol–water partition coefficient (Wildman–Crippen LogP) is 0.499. The standard InChI is InChI=1S/C12H13N3O4S/c1-8-9(6-13)5-10(7-14-8)20(18,19)15-4-2-3-11(15)12(16)17/h5,7,11H,2-4H2,1H3,(H,16,17). The van der Waals surface area contributed by atoms with Gasteiger partial charge >= 0.3 is 5.97 Å². The number of sulfonamides is 1. The first-order chi connectivity index (χ1) is 9.37. The number of aromatic nitrogens is 1. The van der Waals surface area contributed by atoms with E-state index in [-0.39, 0.29) is 17.0 Å². The van der Waals surface area contributed by atoms with Crippen LogP contribution in [0.5, 0.6) is 0 Å². The summed E-state index contributed by atoms with van der Waals surface area (Å²) in [5, 5.41) is 18.0. The van der Waals surface area contributed by atoms with Crippen LogP contribution in [0.15, 0.2) is 17.2 Å². The summed E-state index contributed by atoms with van der Waals surface area (Å²) in [6.07, 6.45) is 1.95. The van der Waals surface area contributed by atoms with Crippen molar-refractivity contribution < 1.29 is 18.3 Å². The van der Waals surface area contributed by atoms with Crippen LogP contribution in [-0.4, -0.2) is 41.4 Å². The summed E-state index contributed by atoms with van der Waals surface area (Å²) in [7, 11) is -3.94.